The minimum atomic E-state index is -1.39. The predicted molar refractivity (Wildman–Crippen MR) is 94.5 cm³/mol. The third kappa shape index (κ3) is 3.97. The van der Waals surface area contributed by atoms with Gasteiger partial charge in [0.2, 0.25) is 0 Å². The molecule has 5 heteroatoms. The molecule has 0 heterocycles. The van der Waals surface area contributed by atoms with Crippen LogP contribution in [0.3, 0.4) is 0 Å². The first-order chi connectivity index (χ1) is 11.7. The molecule has 0 spiro atoms. The predicted octanol–water partition coefficient (Wildman–Crippen LogP) is 4.51. The van der Waals surface area contributed by atoms with Crippen LogP contribution >= 0.6 is 0 Å². The summed E-state index contributed by atoms with van der Waals surface area (Å²) in [5.74, 6) is 1.34. The fourth-order valence-electron chi connectivity index (χ4n) is 2.60. The molecule has 3 nitrogen and oxygen atoms in total. The van der Waals surface area contributed by atoms with Crippen molar-refractivity contribution in [3.63, 3.8) is 0 Å². The Morgan fingerprint density at radius 1 is 1.08 bits per heavy atom. The van der Waals surface area contributed by atoms with Crippen molar-refractivity contribution in [2.75, 3.05) is 5.32 Å². The molecule has 0 saturated heterocycles. The molecule has 0 aliphatic heterocycles. The molecule has 2 N–H and O–H groups in total. The summed E-state index contributed by atoms with van der Waals surface area (Å²) in [6.07, 6.45) is 0. The maximum atomic E-state index is 14.8. The SMILES string of the molecule is Cc1c(F)c(-c2ccc(NC(C)C)cc2)c(C)c(F)c1C#CC(=O)O. The zero-order chi connectivity index (χ0) is 18.7. The number of hydrogen-bond donors (Lipinski definition) is 2. The molecule has 0 fully saturated rings. The third-order valence-corrected chi connectivity index (χ3v) is 3.77. The largest absolute Gasteiger partial charge is 0.472 e. The van der Waals surface area contributed by atoms with Gasteiger partial charge >= 0.3 is 5.97 Å². The van der Waals surface area contributed by atoms with Gasteiger partial charge in [0.05, 0.1) is 5.56 Å². The Hall–Kier alpha value is -2.87. The first-order valence-corrected chi connectivity index (χ1v) is 7.82. The molecule has 0 amide bonds. The van der Waals surface area contributed by atoms with Crippen molar-refractivity contribution in [2.45, 2.75) is 33.7 Å². The Kier molecular flexibility index (Phi) is 5.43. The van der Waals surface area contributed by atoms with E-state index in [0.29, 0.717) is 5.56 Å². The van der Waals surface area contributed by atoms with E-state index in [0.717, 1.165) is 5.69 Å². The van der Waals surface area contributed by atoms with Crippen LogP contribution in [0.5, 0.6) is 0 Å². The second-order valence-electron chi connectivity index (χ2n) is 6.06. The van der Waals surface area contributed by atoms with Crippen LogP contribution in [0.1, 0.15) is 30.5 Å². The summed E-state index contributed by atoms with van der Waals surface area (Å²) in [5, 5.41) is 11.9. The van der Waals surface area contributed by atoms with Gasteiger partial charge in [-0.3, -0.25) is 0 Å². The van der Waals surface area contributed by atoms with Crippen molar-refractivity contribution in [3.8, 4) is 23.0 Å². The van der Waals surface area contributed by atoms with Gasteiger partial charge in [-0.2, -0.15) is 0 Å². The van der Waals surface area contributed by atoms with Gasteiger partial charge in [0.1, 0.15) is 11.6 Å². The first-order valence-electron chi connectivity index (χ1n) is 7.82. The normalized spacial score (nSPS) is 10.4. The van der Waals surface area contributed by atoms with Crippen molar-refractivity contribution in [3.05, 3.63) is 52.6 Å². The molecule has 25 heavy (non-hydrogen) atoms. The van der Waals surface area contributed by atoms with Gasteiger partial charge in [-0.25, -0.2) is 13.6 Å². The molecule has 0 aromatic heterocycles. The van der Waals surface area contributed by atoms with E-state index in [1.165, 1.54) is 13.8 Å². The van der Waals surface area contributed by atoms with E-state index in [1.807, 2.05) is 19.8 Å². The van der Waals surface area contributed by atoms with E-state index in [-0.39, 0.29) is 28.3 Å². The molecule has 0 radical (unpaired) electrons. The lowest BCUT2D eigenvalue weighted by Gasteiger charge is -2.15. The summed E-state index contributed by atoms with van der Waals surface area (Å²) in [5.41, 5.74) is 1.46. The number of carboxylic acids is 1. The minimum Gasteiger partial charge on any atom is -0.472 e. The number of carboxylic acid groups (broad SMARTS) is 1. The molecule has 0 aliphatic carbocycles. The Morgan fingerprint density at radius 3 is 2.20 bits per heavy atom. The van der Waals surface area contributed by atoms with E-state index in [1.54, 1.807) is 24.3 Å². The Bertz CT molecular complexity index is 846. The number of anilines is 1. The lowest BCUT2D eigenvalue weighted by atomic mass is 9.93. The van der Waals surface area contributed by atoms with E-state index in [9.17, 15) is 13.6 Å². The highest BCUT2D eigenvalue weighted by Gasteiger charge is 2.20. The van der Waals surface area contributed by atoms with Crippen molar-refractivity contribution in [1.29, 1.82) is 0 Å². The van der Waals surface area contributed by atoms with Gasteiger partial charge in [0, 0.05) is 28.8 Å². The van der Waals surface area contributed by atoms with Gasteiger partial charge in [0.15, 0.2) is 0 Å². The van der Waals surface area contributed by atoms with Gasteiger partial charge in [-0.1, -0.05) is 18.1 Å². The Morgan fingerprint density at radius 2 is 1.68 bits per heavy atom. The number of nitrogens with one attached hydrogen (secondary N) is 1. The Labute approximate surface area is 145 Å². The maximum absolute atomic E-state index is 14.8. The van der Waals surface area contributed by atoms with Gasteiger partial charge < -0.3 is 10.4 Å². The molecule has 0 unspecified atom stereocenters. The van der Waals surface area contributed by atoms with Crippen molar-refractivity contribution < 1.29 is 18.7 Å². The monoisotopic (exact) mass is 343 g/mol. The van der Waals surface area contributed by atoms with E-state index in [4.69, 9.17) is 5.11 Å². The quantitative estimate of drug-likeness (QED) is 0.807. The topological polar surface area (TPSA) is 49.3 Å². The number of aliphatic carboxylic acids is 1. The summed E-state index contributed by atoms with van der Waals surface area (Å²) >= 11 is 0. The lowest BCUT2D eigenvalue weighted by molar-refractivity contribution is -0.130. The van der Waals surface area contributed by atoms with Crippen LogP contribution in [0.4, 0.5) is 14.5 Å². The summed E-state index contributed by atoms with van der Waals surface area (Å²) in [6, 6.07) is 7.31. The molecule has 0 saturated carbocycles. The highest BCUT2D eigenvalue weighted by Crippen LogP contribution is 2.33. The molecular formula is C20H19F2NO2. The molecule has 0 bridgehead atoms. The summed E-state index contributed by atoms with van der Waals surface area (Å²) < 4.78 is 29.4. The highest BCUT2D eigenvalue weighted by molar-refractivity contribution is 5.87. The summed E-state index contributed by atoms with van der Waals surface area (Å²) in [7, 11) is 0. The van der Waals surface area contributed by atoms with Crippen LogP contribution < -0.4 is 5.32 Å². The second kappa shape index (κ2) is 7.35. The molecule has 2 rings (SSSR count). The van der Waals surface area contributed by atoms with Crippen LogP contribution in [0.15, 0.2) is 24.3 Å². The number of carbonyl (C=O) groups is 1. The van der Waals surface area contributed by atoms with Crippen LogP contribution in [0.25, 0.3) is 11.1 Å². The van der Waals surface area contributed by atoms with Crippen LogP contribution in [-0.4, -0.2) is 17.1 Å². The molecule has 0 aliphatic rings. The first kappa shape index (κ1) is 18.5. The fourth-order valence-corrected chi connectivity index (χ4v) is 2.60. The van der Waals surface area contributed by atoms with Gasteiger partial charge in [-0.05, 0) is 51.0 Å². The summed E-state index contributed by atoms with van der Waals surface area (Å²) in [6.45, 7) is 6.86. The molecular weight excluding hydrogens is 324 g/mol. The summed E-state index contributed by atoms with van der Waals surface area (Å²) in [4.78, 5) is 10.6. The smallest absolute Gasteiger partial charge is 0.382 e. The Balaban J connectivity index is 2.57. The average Bonchev–Trinajstić information content (AvgIpc) is 2.54. The number of hydrogen-bond acceptors (Lipinski definition) is 2. The van der Waals surface area contributed by atoms with Crippen molar-refractivity contribution in [1.82, 2.24) is 0 Å². The van der Waals surface area contributed by atoms with Crippen LogP contribution in [0.2, 0.25) is 0 Å². The van der Waals surface area contributed by atoms with Gasteiger partial charge in [-0.15, -0.1) is 0 Å². The van der Waals surface area contributed by atoms with Crippen LogP contribution in [-0.2, 0) is 4.79 Å². The van der Waals surface area contributed by atoms with E-state index in [2.05, 4.69) is 11.2 Å². The zero-order valence-electron chi connectivity index (χ0n) is 14.5. The van der Waals surface area contributed by atoms with Crippen molar-refractivity contribution >= 4 is 11.7 Å². The van der Waals surface area contributed by atoms with Crippen molar-refractivity contribution in [2.24, 2.45) is 0 Å². The van der Waals surface area contributed by atoms with Gasteiger partial charge in [0.25, 0.3) is 0 Å². The fraction of sp³-hybridized carbons (Fsp3) is 0.250. The van der Waals surface area contributed by atoms with Crippen LogP contribution in [0, 0.1) is 37.3 Å². The molecule has 130 valence electrons. The average molecular weight is 343 g/mol. The minimum absolute atomic E-state index is 0.00349. The van der Waals surface area contributed by atoms with E-state index < -0.39 is 17.6 Å². The molecule has 2 aromatic rings. The second-order valence-corrected chi connectivity index (χ2v) is 6.06. The number of rotatable bonds is 3. The standard InChI is InChI=1S/C20H19F2NO2/c1-11(2)23-15-7-5-14(6-8-15)18-13(4)19(21)16(9-10-17(24)25)12(3)20(18)22/h5-8,11,23H,1-4H3,(H,24,25). The lowest BCUT2D eigenvalue weighted by Crippen LogP contribution is -2.09. The number of halogens is 2. The van der Waals surface area contributed by atoms with E-state index >= 15 is 0 Å². The number of benzene rings is 2. The molecule has 0 atom stereocenters. The highest BCUT2D eigenvalue weighted by atomic mass is 19.1. The third-order valence-electron chi connectivity index (χ3n) is 3.77. The molecule has 2 aromatic carbocycles. The zero-order valence-corrected chi connectivity index (χ0v) is 14.5. The maximum Gasteiger partial charge on any atom is 0.382 e.